The van der Waals surface area contributed by atoms with Crippen LogP contribution in [0.3, 0.4) is 0 Å². The first-order chi connectivity index (χ1) is 13.9. The summed E-state index contributed by atoms with van der Waals surface area (Å²) in [4.78, 5) is 40.1. The lowest BCUT2D eigenvalue weighted by Crippen LogP contribution is -2.47. The Hall–Kier alpha value is -2.64. The minimum atomic E-state index is -0.636. The molecule has 1 saturated heterocycles. The van der Waals surface area contributed by atoms with Crippen LogP contribution < -0.4 is 4.90 Å². The predicted molar refractivity (Wildman–Crippen MR) is 110 cm³/mol. The highest BCUT2D eigenvalue weighted by Crippen LogP contribution is 2.34. The van der Waals surface area contributed by atoms with Crippen molar-refractivity contribution in [2.24, 2.45) is 0 Å². The van der Waals surface area contributed by atoms with E-state index in [-0.39, 0.29) is 28.1 Å². The summed E-state index contributed by atoms with van der Waals surface area (Å²) in [6.45, 7) is 0.875. The molecule has 1 unspecified atom stereocenters. The molecule has 7 nitrogen and oxygen atoms in total. The van der Waals surface area contributed by atoms with Crippen LogP contribution in [0.5, 0.6) is 0 Å². The van der Waals surface area contributed by atoms with Crippen molar-refractivity contribution in [2.45, 2.75) is 25.3 Å². The Bertz CT molecular complexity index is 1030. The van der Waals surface area contributed by atoms with E-state index in [1.807, 2.05) is 0 Å². The number of hydrogen-bond acceptors (Lipinski definition) is 4. The second-order valence-electron chi connectivity index (χ2n) is 7.09. The van der Waals surface area contributed by atoms with E-state index >= 15 is 0 Å². The van der Waals surface area contributed by atoms with Gasteiger partial charge in [-0.15, -0.1) is 0 Å². The van der Waals surface area contributed by atoms with Crippen molar-refractivity contribution in [1.82, 2.24) is 4.90 Å². The molecule has 0 N–H and O–H groups in total. The number of nitro groups is 1. The Labute approximate surface area is 176 Å². The quantitative estimate of drug-likeness (QED) is 0.538. The minimum Gasteiger partial charge on any atom is -0.327 e. The fraction of sp³-hybridized carbons (Fsp3) is 0.300. The van der Waals surface area contributed by atoms with Gasteiger partial charge in [-0.1, -0.05) is 29.3 Å². The van der Waals surface area contributed by atoms with E-state index in [2.05, 4.69) is 0 Å². The molecule has 2 amide bonds. The number of anilines is 1. The fourth-order valence-electron chi connectivity index (χ4n) is 3.97. The third-order valence-electron chi connectivity index (χ3n) is 5.40. The molecule has 2 aromatic rings. The monoisotopic (exact) mass is 433 g/mol. The average molecular weight is 434 g/mol. The molecule has 4 rings (SSSR count). The molecule has 0 bridgehead atoms. The SMILES string of the molecule is O=C(C1CCCN1C(=O)c1cc(Cl)ccc1Cl)N1CCc2ccc([N+](=O)[O-])cc21. The van der Waals surface area contributed by atoms with Crippen LogP contribution in [0.15, 0.2) is 36.4 Å². The number of carbonyl (C=O) groups excluding carboxylic acids is 2. The number of nitrogens with zero attached hydrogens (tertiary/aromatic N) is 3. The van der Waals surface area contributed by atoms with E-state index in [0.29, 0.717) is 43.1 Å². The number of nitro benzene ring substituents is 1. The molecule has 2 aliphatic rings. The van der Waals surface area contributed by atoms with E-state index in [0.717, 1.165) is 5.56 Å². The number of benzene rings is 2. The normalized spacial score (nSPS) is 18.1. The molecule has 0 aliphatic carbocycles. The highest BCUT2D eigenvalue weighted by atomic mass is 35.5. The molecule has 29 heavy (non-hydrogen) atoms. The number of hydrogen-bond donors (Lipinski definition) is 0. The van der Waals surface area contributed by atoms with E-state index in [4.69, 9.17) is 23.2 Å². The van der Waals surface area contributed by atoms with Crippen LogP contribution in [0.4, 0.5) is 11.4 Å². The Morgan fingerprint density at radius 1 is 1.10 bits per heavy atom. The van der Waals surface area contributed by atoms with Crippen molar-refractivity contribution in [3.63, 3.8) is 0 Å². The van der Waals surface area contributed by atoms with Crippen LogP contribution >= 0.6 is 23.2 Å². The second kappa shape index (κ2) is 7.65. The summed E-state index contributed by atoms with van der Waals surface area (Å²) in [5.74, 6) is -0.569. The van der Waals surface area contributed by atoms with E-state index < -0.39 is 11.0 Å². The van der Waals surface area contributed by atoms with Crippen LogP contribution in [-0.2, 0) is 11.2 Å². The highest BCUT2D eigenvalue weighted by molar-refractivity contribution is 6.35. The third kappa shape index (κ3) is 3.56. The Kier molecular flexibility index (Phi) is 5.19. The van der Waals surface area contributed by atoms with Gasteiger partial charge in [0.15, 0.2) is 0 Å². The van der Waals surface area contributed by atoms with Crippen LogP contribution in [0, 0.1) is 10.1 Å². The molecule has 1 fully saturated rings. The van der Waals surface area contributed by atoms with Crippen LogP contribution in [-0.4, -0.2) is 40.8 Å². The van der Waals surface area contributed by atoms with Crippen LogP contribution in [0.1, 0.15) is 28.8 Å². The van der Waals surface area contributed by atoms with Gasteiger partial charge < -0.3 is 9.80 Å². The smallest absolute Gasteiger partial charge is 0.271 e. The van der Waals surface area contributed by atoms with Gasteiger partial charge >= 0.3 is 0 Å². The van der Waals surface area contributed by atoms with Gasteiger partial charge in [0.25, 0.3) is 11.6 Å². The molecule has 1 atom stereocenters. The molecule has 2 aliphatic heterocycles. The lowest BCUT2D eigenvalue weighted by atomic mass is 10.1. The minimum absolute atomic E-state index is 0.0616. The molecule has 0 spiro atoms. The summed E-state index contributed by atoms with van der Waals surface area (Å²) in [7, 11) is 0. The molecule has 150 valence electrons. The molecule has 0 aromatic heterocycles. The summed E-state index contributed by atoms with van der Waals surface area (Å²) in [5.41, 5.74) is 1.63. The Morgan fingerprint density at radius 3 is 2.66 bits per heavy atom. The first-order valence-electron chi connectivity index (χ1n) is 9.21. The first-order valence-corrected chi connectivity index (χ1v) is 9.97. The number of likely N-dealkylation sites (tertiary alicyclic amines) is 1. The molecule has 0 radical (unpaired) electrons. The fourth-order valence-corrected chi connectivity index (χ4v) is 4.34. The standard InChI is InChI=1S/C20H17Cl2N3O4/c21-13-4-6-16(22)15(10-13)19(26)23-8-1-2-17(23)20(27)24-9-7-12-3-5-14(25(28)29)11-18(12)24/h3-6,10-11,17H,1-2,7-9H2. The predicted octanol–water partition coefficient (Wildman–Crippen LogP) is 4.10. The number of non-ortho nitro benzene ring substituents is 1. The van der Waals surface area contributed by atoms with Crippen molar-refractivity contribution in [2.75, 3.05) is 18.0 Å². The van der Waals surface area contributed by atoms with Gasteiger partial charge in [0.05, 0.1) is 21.2 Å². The zero-order valence-corrected chi connectivity index (χ0v) is 16.8. The number of halogens is 2. The molecule has 2 heterocycles. The number of carbonyl (C=O) groups is 2. The van der Waals surface area contributed by atoms with Crippen LogP contribution in [0.25, 0.3) is 0 Å². The zero-order chi connectivity index (χ0) is 20.7. The molecule has 9 heteroatoms. The highest BCUT2D eigenvalue weighted by Gasteiger charge is 2.39. The maximum absolute atomic E-state index is 13.3. The lowest BCUT2D eigenvalue weighted by Gasteiger charge is -2.28. The molecule has 2 aromatic carbocycles. The van der Waals surface area contributed by atoms with Gasteiger partial charge in [-0.05, 0) is 43.0 Å². The average Bonchev–Trinajstić information content (AvgIpc) is 3.35. The lowest BCUT2D eigenvalue weighted by molar-refractivity contribution is -0.384. The molecular weight excluding hydrogens is 417 g/mol. The Morgan fingerprint density at radius 2 is 1.90 bits per heavy atom. The van der Waals surface area contributed by atoms with Gasteiger partial charge in [0.1, 0.15) is 6.04 Å². The maximum atomic E-state index is 13.3. The van der Waals surface area contributed by atoms with E-state index in [1.165, 1.54) is 23.1 Å². The van der Waals surface area contributed by atoms with Crippen molar-refractivity contribution in [3.8, 4) is 0 Å². The van der Waals surface area contributed by atoms with Gasteiger partial charge in [-0.2, -0.15) is 0 Å². The van der Waals surface area contributed by atoms with Crippen LogP contribution in [0.2, 0.25) is 10.0 Å². The number of rotatable bonds is 3. The second-order valence-corrected chi connectivity index (χ2v) is 7.93. The summed E-state index contributed by atoms with van der Waals surface area (Å²) in [6, 6.07) is 8.57. The number of fused-ring (bicyclic) bond motifs is 1. The number of amides is 2. The molecule has 0 saturated carbocycles. The molecular formula is C20H17Cl2N3O4. The maximum Gasteiger partial charge on any atom is 0.271 e. The largest absolute Gasteiger partial charge is 0.327 e. The van der Waals surface area contributed by atoms with Crippen molar-refractivity contribution < 1.29 is 14.5 Å². The van der Waals surface area contributed by atoms with E-state index in [1.54, 1.807) is 23.1 Å². The summed E-state index contributed by atoms with van der Waals surface area (Å²) >= 11 is 12.2. The Balaban J connectivity index is 1.61. The summed E-state index contributed by atoms with van der Waals surface area (Å²) in [5, 5.41) is 11.8. The summed E-state index contributed by atoms with van der Waals surface area (Å²) < 4.78 is 0. The third-order valence-corrected chi connectivity index (χ3v) is 5.96. The van der Waals surface area contributed by atoms with Gasteiger partial charge in [-0.25, -0.2) is 0 Å². The van der Waals surface area contributed by atoms with Gasteiger partial charge in [-0.3, -0.25) is 19.7 Å². The van der Waals surface area contributed by atoms with Gasteiger partial charge in [0.2, 0.25) is 5.91 Å². The van der Waals surface area contributed by atoms with E-state index in [9.17, 15) is 19.7 Å². The zero-order valence-electron chi connectivity index (χ0n) is 15.3. The summed E-state index contributed by atoms with van der Waals surface area (Å²) in [6.07, 6.45) is 1.85. The van der Waals surface area contributed by atoms with Crippen molar-refractivity contribution >= 4 is 46.4 Å². The van der Waals surface area contributed by atoms with Crippen molar-refractivity contribution in [3.05, 3.63) is 67.7 Å². The first kappa shape index (κ1) is 19.7. The van der Waals surface area contributed by atoms with Gasteiger partial charge in [0, 0.05) is 30.2 Å². The topological polar surface area (TPSA) is 83.8 Å². The van der Waals surface area contributed by atoms with Crippen molar-refractivity contribution in [1.29, 1.82) is 0 Å².